The average Bonchev–Trinajstić information content (AvgIpc) is 2.34. The number of rotatable bonds is 1. The van der Waals surface area contributed by atoms with Gasteiger partial charge in [0.05, 0.1) is 5.09 Å². The summed E-state index contributed by atoms with van der Waals surface area (Å²) >= 11 is 4.36. The molecule has 14 heavy (non-hydrogen) atoms. The monoisotopic (exact) mass is 375 g/mol. The van der Waals surface area contributed by atoms with E-state index in [1.807, 2.05) is 0 Å². The molecule has 9 heteroatoms. The first-order valence-electron chi connectivity index (χ1n) is 2.72. The van der Waals surface area contributed by atoms with Crippen molar-refractivity contribution in [2.24, 2.45) is 0 Å². The van der Waals surface area contributed by atoms with Crippen LogP contribution in [0.4, 0.5) is 0 Å². The standard InChI is InChI=1S/C5H3BrO2S.Ag.NO3/c6-3-1-4(5(7)8)9-2-3;;2-1(3)4/h1-2H,(H,7,8);;/q;+1;-1. The second-order valence-corrected chi connectivity index (χ2v) is 3.48. The van der Waals surface area contributed by atoms with E-state index >= 15 is 0 Å². The van der Waals surface area contributed by atoms with Crippen molar-refractivity contribution in [3.05, 3.63) is 36.1 Å². The molecule has 82 valence electrons. The summed E-state index contributed by atoms with van der Waals surface area (Å²) in [6.07, 6.45) is 0. The van der Waals surface area contributed by atoms with Crippen molar-refractivity contribution in [3.63, 3.8) is 0 Å². The van der Waals surface area contributed by atoms with Crippen molar-refractivity contribution in [1.29, 1.82) is 0 Å². The topological polar surface area (TPSA) is 104 Å². The van der Waals surface area contributed by atoms with Gasteiger partial charge in [0.25, 0.3) is 0 Å². The number of thiophene rings is 1. The zero-order chi connectivity index (χ0) is 10.4. The van der Waals surface area contributed by atoms with E-state index in [0.717, 1.165) is 4.47 Å². The molecule has 0 amide bonds. The van der Waals surface area contributed by atoms with Gasteiger partial charge in [0.2, 0.25) is 0 Å². The van der Waals surface area contributed by atoms with Gasteiger partial charge in [-0.3, -0.25) is 0 Å². The summed E-state index contributed by atoms with van der Waals surface area (Å²) in [5.74, 6) is -0.870. The van der Waals surface area contributed by atoms with E-state index in [2.05, 4.69) is 15.9 Å². The number of hydrogen-bond acceptors (Lipinski definition) is 5. The summed E-state index contributed by atoms with van der Waals surface area (Å²) in [4.78, 5) is 18.8. The third-order valence-electron chi connectivity index (χ3n) is 0.778. The normalized spacial score (nSPS) is 7.79. The number of carboxylic acids is 1. The fourth-order valence-electron chi connectivity index (χ4n) is 0.425. The third kappa shape index (κ3) is 8.20. The van der Waals surface area contributed by atoms with Crippen LogP contribution in [0.1, 0.15) is 9.67 Å². The van der Waals surface area contributed by atoms with E-state index in [9.17, 15) is 4.79 Å². The molecule has 1 heterocycles. The van der Waals surface area contributed by atoms with Gasteiger partial charge in [0.15, 0.2) is 0 Å². The number of aromatic carboxylic acids is 1. The third-order valence-corrected chi connectivity index (χ3v) is 2.46. The Hall–Kier alpha value is -0.410. The first-order chi connectivity index (χ1) is 5.93. The molecule has 0 saturated carbocycles. The first kappa shape index (κ1) is 16.0. The summed E-state index contributed by atoms with van der Waals surface area (Å²) in [7, 11) is 0. The molecule has 1 aromatic rings. The van der Waals surface area contributed by atoms with Crippen molar-refractivity contribution in [2.45, 2.75) is 0 Å². The van der Waals surface area contributed by atoms with Gasteiger partial charge >= 0.3 is 28.3 Å². The number of halogens is 1. The molecule has 1 aromatic heterocycles. The van der Waals surface area contributed by atoms with E-state index in [-0.39, 0.29) is 22.4 Å². The smallest absolute Gasteiger partial charge is 0.477 e. The fraction of sp³-hybridized carbons (Fsp3) is 0. The largest absolute Gasteiger partial charge is 1.00 e. The fourth-order valence-corrected chi connectivity index (χ4v) is 1.69. The Bertz CT molecular complexity index is 313. The maximum Gasteiger partial charge on any atom is 1.00 e. The predicted molar refractivity (Wildman–Crippen MR) is 49.3 cm³/mol. The summed E-state index contributed by atoms with van der Waals surface area (Å²) in [6.45, 7) is 0. The predicted octanol–water partition coefficient (Wildman–Crippen LogP) is 1.97. The van der Waals surface area contributed by atoms with Crippen LogP contribution < -0.4 is 0 Å². The molecule has 1 N–H and O–H groups in total. The second-order valence-electron chi connectivity index (χ2n) is 1.66. The molecule has 0 spiro atoms. The molecule has 0 aliphatic carbocycles. The zero-order valence-corrected chi connectivity index (χ0v) is 10.2. The van der Waals surface area contributed by atoms with Crippen LogP contribution in [0, 0.1) is 15.3 Å². The summed E-state index contributed by atoms with van der Waals surface area (Å²) in [5, 5.41) is 24.9. The van der Waals surface area contributed by atoms with Crippen LogP contribution in [0.15, 0.2) is 15.9 Å². The molecule has 0 unspecified atom stereocenters. The molecule has 0 aromatic carbocycles. The van der Waals surface area contributed by atoms with Gasteiger partial charge in [-0.05, 0) is 22.0 Å². The van der Waals surface area contributed by atoms with Crippen molar-refractivity contribution < 1.29 is 37.4 Å². The van der Waals surface area contributed by atoms with Gasteiger partial charge in [-0.15, -0.1) is 11.3 Å². The molecule has 0 bridgehead atoms. The minimum atomic E-state index is -1.75. The Morgan fingerprint density at radius 2 is 2.00 bits per heavy atom. The van der Waals surface area contributed by atoms with Crippen molar-refractivity contribution >= 4 is 33.2 Å². The van der Waals surface area contributed by atoms with Crippen LogP contribution in [0.3, 0.4) is 0 Å². The van der Waals surface area contributed by atoms with Crippen molar-refractivity contribution in [3.8, 4) is 0 Å². The van der Waals surface area contributed by atoms with Crippen LogP contribution in [-0.4, -0.2) is 16.2 Å². The molecule has 1 rings (SSSR count). The average molecular weight is 377 g/mol. The van der Waals surface area contributed by atoms with Crippen LogP contribution in [0.2, 0.25) is 0 Å². The number of hydrogen-bond donors (Lipinski definition) is 1. The first-order valence-corrected chi connectivity index (χ1v) is 4.39. The summed E-state index contributed by atoms with van der Waals surface area (Å²) in [5.41, 5.74) is 0. The van der Waals surface area contributed by atoms with E-state index < -0.39 is 11.1 Å². The number of carbonyl (C=O) groups is 1. The molecular weight excluding hydrogens is 374 g/mol. The van der Waals surface area contributed by atoms with Crippen molar-refractivity contribution in [1.82, 2.24) is 0 Å². The van der Waals surface area contributed by atoms with Gasteiger partial charge in [0.1, 0.15) is 4.88 Å². The second kappa shape index (κ2) is 7.95. The van der Waals surface area contributed by atoms with Gasteiger partial charge in [-0.1, -0.05) is 0 Å². The van der Waals surface area contributed by atoms with Crippen molar-refractivity contribution in [2.75, 3.05) is 0 Å². The van der Waals surface area contributed by atoms with Crippen LogP contribution >= 0.6 is 27.3 Å². The van der Waals surface area contributed by atoms with E-state index in [0.29, 0.717) is 4.88 Å². The Morgan fingerprint density at radius 3 is 2.14 bits per heavy atom. The van der Waals surface area contributed by atoms with Crippen LogP contribution in [0.5, 0.6) is 0 Å². The molecule has 0 radical (unpaired) electrons. The quantitative estimate of drug-likeness (QED) is 0.458. The molecule has 0 aliphatic rings. The van der Waals surface area contributed by atoms with Gasteiger partial charge in [0, 0.05) is 9.85 Å². The SMILES string of the molecule is O=C(O)c1cc(Br)cs1.O=[N+]([O-])[O-].[Ag+]. The van der Waals surface area contributed by atoms with E-state index in [1.54, 1.807) is 11.4 Å². The number of carboxylic acid groups (broad SMARTS) is 1. The van der Waals surface area contributed by atoms with Gasteiger partial charge in [-0.25, -0.2) is 4.79 Å². The number of nitrogens with zero attached hydrogens (tertiary/aromatic N) is 1. The minimum Gasteiger partial charge on any atom is -0.477 e. The molecular formula is C5H3AgBrNO5S. The minimum absolute atomic E-state index is 0. The molecule has 0 atom stereocenters. The van der Waals surface area contributed by atoms with E-state index in [1.165, 1.54) is 11.3 Å². The van der Waals surface area contributed by atoms with Gasteiger partial charge in [-0.2, -0.15) is 0 Å². The Kier molecular flexibility index (Phi) is 9.10. The zero-order valence-electron chi connectivity index (χ0n) is 6.27. The maximum atomic E-state index is 10.2. The maximum absolute atomic E-state index is 10.2. The Morgan fingerprint density at radius 1 is 1.57 bits per heavy atom. The van der Waals surface area contributed by atoms with Crippen LogP contribution in [-0.2, 0) is 22.4 Å². The van der Waals surface area contributed by atoms with Crippen LogP contribution in [0.25, 0.3) is 0 Å². The van der Waals surface area contributed by atoms with E-state index in [4.69, 9.17) is 20.4 Å². The Labute approximate surface area is 106 Å². The summed E-state index contributed by atoms with van der Waals surface area (Å²) in [6, 6.07) is 1.58. The Balaban J connectivity index is 0. The molecule has 0 fully saturated rings. The van der Waals surface area contributed by atoms with Gasteiger partial charge < -0.3 is 20.4 Å². The molecule has 0 aliphatic heterocycles. The summed E-state index contributed by atoms with van der Waals surface area (Å²) < 4.78 is 0.824. The molecule has 0 saturated heterocycles. The molecule has 6 nitrogen and oxygen atoms in total.